The highest BCUT2D eigenvalue weighted by atomic mass is 16.3. The molecule has 0 saturated heterocycles. The molecule has 0 bridgehead atoms. The number of anilines is 6. The Hall–Kier alpha value is -8.40. The van der Waals surface area contributed by atoms with Crippen molar-refractivity contribution in [1.82, 2.24) is 0 Å². The first-order chi connectivity index (χ1) is 33.8. The van der Waals surface area contributed by atoms with Crippen LogP contribution >= 0.6 is 0 Å². The molecule has 0 saturated carbocycles. The average Bonchev–Trinajstić information content (AvgIpc) is 4.03. The highest BCUT2D eigenvalue weighted by Gasteiger charge is 2.52. The van der Waals surface area contributed by atoms with E-state index >= 15 is 0 Å². The van der Waals surface area contributed by atoms with Gasteiger partial charge in [0.25, 0.3) is 0 Å². The molecule has 64 heavy (non-hydrogen) atoms. The van der Waals surface area contributed by atoms with Crippen LogP contribution < -0.4 is 9.80 Å². The molecule has 13 rings (SSSR count). The monoisotopic (exact) mass is 821 g/mol. The summed E-state index contributed by atoms with van der Waals surface area (Å²) >= 11 is 0. The number of para-hydroxylation sites is 4. The van der Waals surface area contributed by atoms with E-state index in [1.807, 2.05) is 65.6 Å². The third kappa shape index (κ3) is 5.28. The molecule has 1 atom stereocenters. The van der Waals surface area contributed by atoms with Gasteiger partial charge in [-0.05, 0) is 123 Å². The first-order valence-electron chi connectivity index (χ1n) is 24.1. The van der Waals surface area contributed by atoms with Crippen LogP contribution in [-0.4, -0.2) is 0 Å². The smallest absolute Gasteiger partial charge is 0.137 e. The zero-order chi connectivity index (χ0) is 46.5. The second-order valence-corrected chi connectivity index (χ2v) is 16.4. The van der Waals surface area contributed by atoms with Crippen molar-refractivity contribution in [2.75, 3.05) is 9.80 Å². The summed E-state index contributed by atoms with van der Waals surface area (Å²) < 4.78 is 50.9. The van der Waals surface area contributed by atoms with E-state index in [1.165, 1.54) is 0 Å². The lowest BCUT2D eigenvalue weighted by atomic mass is 9.70. The molecule has 0 aliphatic heterocycles. The topological polar surface area (TPSA) is 19.6 Å². The summed E-state index contributed by atoms with van der Waals surface area (Å²) in [7, 11) is 0. The molecule has 1 spiro atoms. The van der Waals surface area contributed by atoms with Crippen LogP contribution in [0.5, 0.6) is 0 Å². The van der Waals surface area contributed by atoms with Crippen molar-refractivity contribution in [2.24, 2.45) is 0 Å². The van der Waals surface area contributed by atoms with Gasteiger partial charge in [-0.25, -0.2) is 0 Å². The standard InChI is InChI=1S/C61H40N2O/c1-4-19-41(20-5-1)46-25-12-16-31-56(46)63(57-32-18-34-59-60(57)51-28-13-17-33-58(51)64-59)45-36-38-50-48-27-11-15-30-53(48)61(55(50)40-45)52-29-14-10-26-47(52)49-37-35-44(39-54(49)61)62(42-21-6-2-7-22-42)43-23-8-3-9-24-43/h1-40H/i2D,6D,7D,21D,22D. The minimum Gasteiger partial charge on any atom is -0.456 e. The fourth-order valence-corrected chi connectivity index (χ4v) is 10.6. The number of nitrogens with zero attached hydrogens (tertiary/aromatic N) is 2. The molecule has 1 heterocycles. The molecule has 2 aliphatic rings. The lowest BCUT2D eigenvalue weighted by Gasteiger charge is -2.34. The number of hydrogen-bond donors (Lipinski definition) is 0. The Morgan fingerprint density at radius 1 is 0.359 bits per heavy atom. The van der Waals surface area contributed by atoms with Crippen molar-refractivity contribution in [1.29, 1.82) is 0 Å². The molecule has 300 valence electrons. The van der Waals surface area contributed by atoms with E-state index in [0.717, 1.165) is 94.6 Å². The van der Waals surface area contributed by atoms with Crippen LogP contribution in [0.3, 0.4) is 0 Å². The quantitative estimate of drug-likeness (QED) is 0.160. The van der Waals surface area contributed by atoms with Gasteiger partial charge < -0.3 is 14.2 Å². The van der Waals surface area contributed by atoms with E-state index in [-0.39, 0.29) is 29.9 Å². The molecule has 0 radical (unpaired) electrons. The Labute approximate surface area is 379 Å². The van der Waals surface area contributed by atoms with E-state index in [9.17, 15) is 2.74 Å². The maximum atomic E-state index is 9.21. The highest BCUT2D eigenvalue weighted by molar-refractivity contribution is 6.14. The van der Waals surface area contributed by atoms with Gasteiger partial charge in [0.05, 0.1) is 29.0 Å². The van der Waals surface area contributed by atoms with Crippen LogP contribution in [-0.2, 0) is 5.41 Å². The molecule has 10 aromatic carbocycles. The SMILES string of the molecule is [2H]c1c([2H])c([2H])c(N(c2ccccc2)c2ccc3c(c2)C2(c4ccccc4-3)c3ccccc3-c3ccc(N(c4ccccc4-c4ccccc4)c4cccc5oc6ccccc6c45)cc32)c([2H])c1[2H]. The van der Waals surface area contributed by atoms with Crippen LogP contribution in [0, 0.1) is 0 Å². The number of hydrogen-bond acceptors (Lipinski definition) is 3. The van der Waals surface area contributed by atoms with Crippen LogP contribution in [0.1, 0.15) is 29.1 Å². The van der Waals surface area contributed by atoms with Crippen molar-refractivity contribution in [3.63, 3.8) is 0 Å². The van der Waals surface area contributed by atoms with E-state index in [1.54, 1.807) is 0 Å². The number of furan rings is 1. The number of rotatable bonds is 7. The summed E-state index contributed by atoms with van der Waals surface area (Å²) in [6.07, 6.45) is 0. The zero-order valence-corrected chi connectivity index (χ0v) is 34.5. The van der Waals surface area contributed by atoms with Crippen LogP contribution in [0.4, 0.5) is 34.1 Å². The summed E-state index contributed by atoms with van der Waals surface area (Å²) in [5.41, 5.74) is 16.3. The molecule has 3 nitrogen and oxygen atoms in total. The van der Waals surface area contributed by atoms with E-state index in [2.05, 4.69) is 157 Å². The summed E-state index contributed by atoms with van der Waals surface area (Å²) in [4.78, 5) is 4.20. The predicted octanol–water partition coefficient (Wildman–Crippen LogP) is 16.5. The molecule has 1 unspecified atom stereocenters. The zero-order valence-electron chi connectivity index (χ0n) is 39.5. The third-order valence-corrected chi connectivity index (χ3v) is 13.1. The van der Waals surface area contributed by atoms with Gasteiger partial charge in [-0.1, -0.05) is 170 Å². The van der Waals surface area contributed by atoms with Crippen molar-refractivity contribution < 1.29 is 11.3 Å². The lowest BCUT2D eigenvalue weighted by Crippen LogP contribution is -2.26. The molecule has 3 heteroatoms. The van der Waals surface area contributed by atoms with Crippen LogP contribution in [0.15, 0.2) is 247 Å². The summed E-state index contributed by atoms with van der Waals surface area (Å²) in [5, 5.41) is 2.05. The second kappa shape index (κ2) is 14.3. The van der Waals surface area contributed by atoms with Crippen molar-refractivity contribution in [3.8, 4) is 33.4 Å². The maximum Gasteiger partial charge on any atom is 0.137 e. The third-order valence-electron chi connectivity index (χ3n) is 13.1. The van der Waals surface area contributed by atoms with E-state index in [4.69, 9.17) is 8.53 Å². The summed E-state index contributed by atoms with van der Waals surface area (Å²) in [5.74, 6) is 0. The molecule has 1 aromatic heterocycles. The molecule has 0 fully saturated rings. The Balaban J connectivity index is 1.11. The van der Waals surface area contributed by atoms with Gasteiger partial charge in [-0.2, -0.15) is 0 Å². The molecular formula is C61H40N2O. The maximum absolute atomic E-state index is 9.21. The number of benzene rings is 10. The molecule has 0 N–H and O–H groups in total. The van der Waals surface area contributed by atoms with Gasteiger partial charge in [0, 0.05) is 33.7 Å². The van der Waals surface area contributed by atoms with Gasteiger partial charge in [0.15, 0.2) is 0 Å². The minimum absolute atomic E-state index is 0.0832. The Bertz CT molecular complexity index is 3850. The van der Waals surface area contributed by atoms with E-state index < -0.39 is 11.5 Å². The summed E-state index contributed by atoms with van der Waals surface area (Å²) in [6.45, 7) is 0. The molecule has 0 amide bonds. The molecular weight excluding hydrogens is 777 g/mol. The Morgan fingerprint density at radius 3 is 1.59 bits per heavy atom. The van der Waals surface area contributed by atoms with Crippen LogP contribution in [0.25, 0.3) is 55.3 Å². The first kappa shape index (κ1) is 31.4. The van der Waals surface area contributed by atoms with Gasteiger partial charge in [0.2, 0.25) is 0 Å². The van der Waals surface area contributed by atoms with Crippen molar-refractivity contribution in [2.45, 2.75) is 5.41 Å². The number of fused-ring (bicyclic) bond motifs is 13. The fourth-order valence-electron chi connectivity index (χ4n) is 10.6. The van der Waals surface area contributed by atoms with E-state index in [0.29, 0.717) is 11.4 Å². The predicted molar refractivity (Wildman–Crippen MR) is 265 cm³/mol. The molecule has 11 aromatic rings. The van der Waals surface area contributed by atoms with Crippen LogP contribution in [0.2, 0.25) is 0 Å². The highest BCUT2D eigenvalue weighted by Crippen LogP contribution is 2.64. The van der Waals surface area contributed by atoms with Gasteiger partial charge in [-0.3, -0.25) is 0 Å². The van der Waals surface area contributed by atoms with Gasteiger partial charge in [0.1, 0.15) is 11.2 Å². The van der Waals surface area contributed by atoms with Crippen molar-refractivity contribution >= 4 is 56.1 Å². The summed E-state index contributed by atoms with van der Waals surface area (Å²) in [6, 6.07) is 72.0. The first-order valence-corrected chi connectivity index (χ1v) is 21.6. The Morgan fingerprint density at radius 2 is 0.891 bits per heavy atom. The van der Waals surface area contributed by atoms with Gasteiger partial charge in [-0.15, -0.1) is 0 Å². The largest absolute Gasteiger partial charge is 0.456 e. The average molecular weight is 822 g/mol. The van der Waals surface area contributed by atoms with Crippen molar-refractivity contribution in [3.05, 3.63) is 265 Å². The Kier molecular flexibility index (Phi) is 7.04. The molecule has 2 aliphatic carbocycles. The minimum atomic E-state index is -0.814. The second-order valence-electron chi connectivity index (χ2n) is 16.4. The fraction of sp³-hybridized carbons (Fsp3) is 0.0164. The lowest BCUT2D eigenvalue weighted by molar-refractivity contribution is 0.669. The normalized spacial score (nSPS) is 15.4. The van der Waals surface area contributed by atoms with Gasteiger partial charge >= 0.3 is 0 Å².